The molecular weight excluding hydrogens is 338 g/mol. The molecular formula is C18H19N3O5. The maximum atomic E-state index is 11.7. The van der Waals surface area contributed by atoms with Crippen LogP contribution in [0.5, 0.6) is 11.5 Å². The zero-order valence-corrected chi connectivity index (χ0v) is 14.3. The van der Waals surface area contributed by atoms with Crippen LogP contribution in [0.2, 0.25) is 0 Å². The molecule has 8 heteroatoms. The van der Waals surface area contributed by atoms with Gasteiger partial charge in [0, 0.05) is 12.1 Å². The maximum absolute atomic E-state index is 11.7. The number of nitro groups is 1. The number of nitrogens with one attached hydrogen (secondary N) is 1. The molecule has 1 amide bonds. The van der Waals surface area contributed by atoms with Gasteiger partial charge in [0.2, 0.25) is 0 Å². The van der Waals surface area contributed by atoms with Gasteiger partial charge in [0.25, 0.3) is 11.6 Å². The van der Waals surface area contributed by atoms with Crippen molar-refractivity contribution in [1.29, 1.82) is 0 Å². The molecule has 0 bridgehead atoms. The fourth-order valence-corrected chi connectivity index (χ4v) is 1.89. The monoisotopic (exact) mass is 357 g/mol. The minimum atomic E-state index is -0.506. The van der Waals surface area contributed by atoms with Crippen molar-refractivity contribution in [3.63, 3.8) is 0 Å². The van der Waals surface area contributed by atoms with E-state index in [1.165, 1.54) is 30.5 Å². The first-order chi connectivity index (χ1) is 12.6. The summed E-state index contributed by atoms with van der Waals surface area (Å²) in [4.78, 5) is 21.7. The molecule has 1 N–H and O–H groups in total. The third-order valence-corrected chi connectivity index (χ3v) is 3.17. The molecule has 0 atom stereocenters. The number of hydrogen-bond acceptors (Lipinski definition) is 6. The summed E-state index contributed by atoms with van der Waals surface area (Å²) >= 11 is 0. The summed E-state index contributed by atoms with van der Waals surface area (Å²) in [5.74, 6) is 0.699. The highest BCUT2D eigenvalue weighted by Gasteiger charge is 2.06. The summed E-state index contributed by atoms with van der Waals surface area (Å²) in [6.07, 6.45) is 2.45. The molecule has 0 aliphatic carbocycles. The molecule has 0 spiro atoms. The van der Waals surface area contributed by atoms with Gasteiger partial charge in [-0.3, -0.25) is 14.9 Å². The Balaban J connectivity index is 1.75. The van der Waals surface area contributed by atoms with Crippen LogP contribution >= 0.6 is 0 Å². The van der Waals surface area contributed by atoms with Crippen molar-refractivity contribution in [2.45, 2.75) is 13.3 Å². The zero-order chi connectivity index (χ0) is 18.8. The lowest BCUT2D eigenvalue weighted by Crippen LogP contribution is -2.24. The Morgan fingerprint density at radius 3 is 2.35 bits per heavy atom. The summed E-state index contributed by atoms with van der Waals surface area (Å²) < 4.78 is 10.7. The van der Waals surface area contributed by atoms with E-state index in [0.717, 1.165) is 17.7 Å². The summed E-state index contributed by atoms with van der Waals surface area (Å²) in [6.45, 7) is 2.45. The number of carbonyl (C=O) groups is 1. The molecule has 8 nitrogen and oxygen atoms in total. The van der Waals surface area contributed by atoms with Gasteiger partial charge in [-0.15, -0.1) is 0 Å². The highest BCUT2D eigenvalue weighted by atomic mass is 16.6. The van der Waals surface area contributed by atoms with Crippen molar-refractivity contribution in [2.24, 2.45) is 5.10 Å². The number of non-ortho nitro benzene ring substituents is 1. The quantitative estimate of drug-likeness (QED) is 0.422. The lowest BCUT2D eigenvalue weighted by atomic mass is 10.2. The van der Waals surface area contributed by atoms with E-state index in [-0.39, 0.29) is 12.3 Å². The fraction of sp³-hybridized carbons (Fsp3) is 0.222. The van der Waals surface area contributed by atoms with Gasteiger partial charge < -0.3 is 9.47 Å². The van der Waals surface area contributed by atoms with Crippen LogP contribution in [-0.4, -0.2) is 30.3 Å². The van der Waals surface area contributed by atoms with Crippen molar-refractivity contribution in [3.05, 3.63) is 64.2 Å². The number of rotatable bonds is 9. The Hall–Kier alpha value is -3.42. The van der Waals surface area contributed by atoms with Gasteiger partial charge in [-0.1, -0.05) is 6.92 Å². The Labute approximate surface area is 150 Å². The number of hydrazone groups is 1. The first kappa shape index (κ1) is 18.9. The second-order valence-electron chi connectivity index (χ2n) is 5.25. The molecule has 0 heterocycles. The van der Waals surface area contributed by atoms with Crippen molar-refractivity contribution in [1.82, 2.24) is 5.43 Å². The first-order valence-corrected chi connectivity index (χ1v) is 8.00. The van der Waals surface area contributed by atoms with Crippen LogP contribution in [-0.2, 0) is 4.79 Å². The summed E-state index contributed by atoms with van der Waals surface area (Å²) in [5, 5.41) is 14.4. The fourth-order valence-electron chi connectivity index (χ4n) is 1.89. The molecule has 0 saturated carbocycles. The smallest absolute Gasteiger partial charge is 0.277 e. The standard InChI is InChI=1S/C18H19N3O5/c1-2-11-25-16-7-3-14(4-8-16)12-19-20-18(22)13-26-17-9-5-15(6-10-17)21(23)24/h3-10,12H,2,11,13H2,1H3,(H,20,22)/b19-12-. The van der Waals surface area contributed by atoms with E-state index in [1.807, 2.05) is 31.2 Å². The van der Waals surface area contributed by atoms with Gasteiger partial charge in [0.05, 0.1) is 17.7 Å². The van der Waals surface area contributed by atoms with Gasteiger partial charge in [-0.2, -0.15) is 5.10 Å². The minimum absolute atomic E-state index is 0.0440. The highest BCUT2D eigenvalue weighted by molar-refractivity contribution is 5.83. The number of benzene rings is 2. The molecule has 0 aliphatic heterocycles. The van der Waals surface area contributed by atoms with Crippen LogP contribution in [0.4, 0.5) is 5.69 Å². The molecule has 2 aromatic rings. The highest BCUT2D eigenvalue weighted by Crippen LogP contribution is 2.17. The topological polar surface area (TPSA) is 103 Å². The first-order valence-electron chi connectivity index (χ1n) is 8.00. The van der Waals surface area contributed by atoms with Crippen molar-refractivity contribution in [2.75, 3.05) is 13.2 Å². The number of hydrogen-bond donors (Lipinski definition) is 1. The second-order valence-corrected chi connectivity index (χ2v) is 5.25. The lowest BCUT2D eigenvalue weighted by Gasteiger charge is -2.05. The Morgan fingerprint density at radius 1 is 1.12 bits per heavy atom. The van der Waals surface area contributed by atoms with Crippen LogP contribution in [0.1, 0.15) is 18.9 Å². The molecule has 0 fully saturated rings. The third-order valence-electron chi connectivity index (χ3n) is 3.17. The van der Waals surface area contributed by atoms with E-state index in [1.54, 1.807) is 0 Å². The lowest BCUT2D eigenvalue weighted by molar-refractivity contribution is -0.384. The summed E-state index contributed by atoms with van der Waals surface area (Å²) in [5.41, 5.74) is 3.11. The van der Waals surface area contributed by atoms with E-state index in [9.17, 15) is 14.9 Å². The molecule has 2 rings (SSSR count). The van der Waals surface area contributed by atoms with Crippen molar-refractivity contribution >= 4 is 17.8 Å². The number of nitro benzene ring substituents is 1. The normalized spacial score (nSPS) is 10.5. The predicted molar refractivity (Wildman–Crippen MR) is 96.6 cm³/mol. The maximum Gasteiger partial charge on any atom is 0.277 e. The molecule has 0 aliphatic rings. The minimum Gasteiger partial charge on any atom is -0.494 e. The number of carbonyl (C=O) groups excluding carboxylic acids is 1. The molecule has 0 aromatic heterocycles. The summed E-state index contributed by atoms with van der Waals surface area (Å²) in [7, 11) is 0. The molecule has 136 valence electrons. The molecule has 0 unspecified atom stereocenters. The van der Waals surface area contributed by atoms with Crippen LogP contribution < -0.4 is 14.9 Å². The number of ether oxygens (including phenoxy) is 2. The van der Waals surface area contributed by atoms with Gasteiger partial charge in [0.1, 0.15) is 11.5 Å². The molecule has 2 aromatic carbocycles. The molecule has 0 saturated heterocycles. The van der Waals surface area contributed by atoms with Gasteiger partial charge in [-0.05, 0) is 48.4 Å². The van der Waals surface area contributed by atoms with E-state index in [2.05, 4.69) is 10.5 Å². The van der Waals surface area contributed by atoms with Crippen molar-refractivity contribution in [3.8, 4) is 11.5 Å². The Kier molecular flexibility index (Phi) is 7.11. The van der Waals surface area contributed by atoms with Crippen LogP contribution in [0.3, 0.4) is 0 Å². The predicted octanol–water partition coefficient (Wildman–Crippen LogP) is 2.91. The van der Waals surface area contributed by atoms with Gasteiger partial charge >= 0.3 is 0 Å². The summed E-state index contributed by atoms with van der Waals surface area (Å²) in [6, 6.07) is 12.8. The van der Waals surface area contributed by atoms with E-state index in [0.29, 0.717) is 12.4 Å². The van der Waals surface area contributed by atoms with Crippen LogP contribution in [0.15, 0.2) is 53.6 Å². The van der Waals surface area contributed by atoms with Crippen LogP contribution in [0.25, 0.3) is 0 Å². The third kappa shape index (κ3) is 6.23. The number of amides is 1. The Morgan fingerprint density at radius 2 is 1.73 bits per heavy atom. The average Bonchev–Trinajstić information content (AvgIpc) is 2.66. The zero-order valence-electron chi connectivity index (χ0n) is 14.3. The van der Waals surface area contributed by atoms with E-state index >= 15 is 0 Å². The van der Waals surface area contributed by atoms with Crippen LogP contribution in [0, 0.1) is 10.1 Å². The number of nitrogens with zero attached hydrogens (tertiary/aromatic N) is 2. The largest absolute Gasteiger partial charge is 0.494 e. The average molecular weight is 357 g/mol. The van der Waals surface area contributed by atoms with E-state index in [4.69, 9.17) is 9.47 Å². The Bertz CT molecular complexity index is 757. The SMILES string of the molecule is CCCOc1ccc(/C=N\NC(=O)COc2ccc([N+](=O)[O-])cc2)cc1. The molecule has 26 heavy (non-hydrogen) atoms. The van der Waals surface area contributed by atoms with E-state index < -0.39 is 10.8 Å². The molecule has 0 radical (unpaired) electrons. The van der Waals surface area contributed by atoms with Crippen molar-refractivity contribution < 1.29 is 19.2 Å². The second kappa shape index (κ2) is 9.77. The van der Waals surface area contributed by atoms with Gasteiger partial charge in [-0.25, -0.2) is 5.43 Å². The van der Waals surface area contributed by atoms with Gasteiger partial charge in [0.15, 0.2) is 6.61 Å².